The normalized spacial score (nSPS) is 22.4. The number of methoxy groups -OCH3 is 1. The van der Waals surface area contributed by atoms with Crippen LogP contribution in [0.1, 0.15) is 79.3 Å². The lowest BCUT2D eigenvalue weighted by molar-refractivity contribution is -0.138. The fourth-order valence-electron chi connectivity index (χ4n) is 13.2. The van der Waals surface area contributed by atoms with Gasteiger partial charge in [0.25, 0.3) is 5.91 Å². The summed E-state index contributed by atoms with van der Waals surface area (Å²) in [7, 11) is 1.38. The molecule has 2 bridgehead atoms. The van der Waals surface area contributed by atoms with Crippen molar-refractivity contribution in [2.24, 2.45) is 17.3 Å². The average molecular weight is 1090 g/mol. The second-order valence-corrected chi connectivity index (χ2v) is 22.6. The number of nitriles is 2. The zero-order chi connectivity index (χ0) is 55.6. The fraction of sp³-hybridized carbons (Fsp3) is 0.475. The molecule has 80 heavy (non-hydrogen) atoms. The number of benzene rings is 3. The first-order valence-corrected chi connectivity index (χ1v) is 27.6. The van der Waals surface area contributed by atoms with Crippen molar-refractivity contribution in [3.05, 3.63) is 70.8 Å². The molecule has 3 aromatic carbocycles. The number of hydrogen-bond donors (Lipinski definition) is 2. The summed E-state index contributed by atoms with van der Waals surface area (Å²) in [4.78, 5) is 78.3. The van der Waals surface area contributed by atoms with Crippen LogP contribution < -0.4 is 24.6 Å². The molecule has 5 saturated heterocycles. The first-order chi connectivity index (χ1) is 38.7. The first-order valence-electron chi connectivity index (χ1n) is 27.6. The molecule has 4 atom stereocenters. The van der Waals surface area contributed by atoms with E-state index in [2.05, 4.69) is 37.0 Å². The molecule has 1 saturated carbocycles. The molecule has 4 unspecified atom stereocenters. The Balaban J connectivity index is 0.727. The highest BCUT2D eigenvalue weighted by molar-refractivity contribution is 6.06. The minimum atomic E-state index is -1.10. The number of carbonyl (C=O) groups is 4. The van der Waals surface area contributed by atoms with Crippen molar-refractivity contribution in [3.8, 4) is 53.4 Å². The second-order valence-electron chi connectivity index (χ2n) is 22.6. The third-order valence-electron chi connectivity index (χ3n) is 17.6. The maximum atomic E-state index is 17.7. The Morgan fingerprint density at radius 2 is 1.65 bits per heavy atom. The summed E-state index contributed by atoms with van der Waals surface area (Å²) in [6, 6.07) is 13.9. The maximum Gasteiger partial charge on any atom is 0.319 e. The van der Waals surface area contributed by atoms with Crippen molar-refractivity contribution in [2.45, 2.75) is 82.5 Å². The second kappa shape index (κ2) is 21.1. The smallest absolute Gasteiger partial charge is 0.319 e. The summed E-state index contributed by atoms with van der Waals surface area (Å²) in [5.41, 5.74) is 1.85. The van der Waals surface area contributed by atoms with E-state index < -0.39 is 29.5 Å². The molecule has 8 heterocycles. The zero-order valence-electron chi connectivity index (χ0n) is 44.4. The molecular formula is C59H60F2N12O7. The number of hydrogen-bond acceptors (Lipinski definition) is 16. The van der Waals surface area contributed by atoms with Gasteiger partial charge >= 0.3 is 6.01 Å². The molecule has 4 amide bonds. The van der Waals surface area contributed by atoms with Crippen LogP contribution in [0.25, 0.3) is 32.9 Å². The third-order valence-corrected chi connectivity index (χ3v) is 17.6. The van der Waals surface area contributed by atoms with Gasteiger partial charge in [0.15, 0.2) is 5.82 Å². The van der Waals surface area contributed by atoms with Gasteiger partial charge in [-0.05, 0) is 98.2 Å². The molecule has 12 rings (SSSR count). The lowest BCUT2D eigenvalue weighted by Gasteiger charge is -2.42. The lowest BCUT2D eigenvalue weighted by atomic mass is 9.95. The van der Waals surface area contributed by atoms with Crippen molar-refractivity contribution < 1.29 is 42.5 Å². The quantitative estimate of drug-likeness (QED) is 0.103. The van der Waals surface area contributed by atoms with Crippen LogP contribution in [-0.2, 0) is 20.9 Å². The molecule has 7 aliphatic rings. The molecule has 5 aromatic rings. The van der Waals surface area contributed by atoms with E-state index in [-0.39, 0.29) is 124 Å². The number of nitrogens with zero attached hydrogens (tertiary/aromatic N) is 11. The molecular weight excluding hydrogens is 1030 g/mol. The Hall–Kier alpha value is -8.19. The molecule has 1 aliphatic carbocycles. The molecule has 21 heteroatoms. The van der Waals surface area contributed by atoms with Gasteiger partial charge in [-0.1, -0.05) is 12.0 Å². The molecule has 6 aliphatic heterocycles. The van der Waals surface area contributed by atoms with E-state index in [1.54, 1.807) is 9.80 Å². The van der Waals surface area contributed by atoms with Crippen LogP contribution >= 0.6 is 0 Å². The van der Waals surface area contributed by atoms with Crippen molar-refractivity contribution >= 4 is 56.8 Å². The topological polar surface area (TPSA) is 225 Å². The Bertz CT molecular complexity index is 3490. The summed E-state index contributed by atoms with van der Waals surface area (Å²) in [5.74, 6) is -1.02. The highest BCUT2D eigenvalue weighted by Crippen LogP contribution is 2.48. The number of aromatic nitrogens is 3. The van der Waals surface area contributed by atoms with Crippen LogP contribution in [0.3, 0.4) is 0 Å². The number of piperidine rings is 2. The maximum absolute atomic E-state index is 17.7. The molecule has 2 N–H and O–H groups in total. The van der Waals surface area contributed by atoms with E-state index in [0.29, 0.717) is 42.7 Å². The van der Waals surface area contributed by atoms with E-state index in [0.717, 1.165) is 89.3 Å². The number of carbonyl (C=O) groups excluding carboxylic acids is 4. The van der Waals surface area contributed by atoms with E-state index in [4.69, 9.17) is 25.9 Å². The van der Waals surface area contributed by atoms with Gasteiger partial charge in [0.2, 0.25) is 23.6 Å². The zero-order valence-corrected chi connectivity index (χ0v) is 44.4. The van der Waals surface area contributed by atoms with Gasteiger partial charge in [-0.15, -0.1) is 6.42 Å². The number of rotatable bonds is 14. The predicted octanol–water partition coefficient (Wildman–Crippen LogP) is 5.51. The number of pyridine rings is 1. The number of piperazine rings is 2. The van der Waals surface area contributed by atoms with E-state index in [1.165, 1.54) is 31.4 Å². The monoisotopic (exact) mass is 1090 g/mol. The minimum absolute atomic E-state index is 0.0277. The van der Waals surface area contributed by atoms with Crippen LogP contribution in [0.4, 0.5) is 20.3 Å². The Labute approximate surface area is 461 Å². The van der Waals surface area contributed by atoms with Crippen LogP contribution in [0, 0.1) is 63.9 Å². The van der Waals surface area contributed by atoms with Gasteiger partial charge in [0.1, 0.15) is 45.9 Å². The fourth-order valence-corrected chi connectivity index (χ4v) is 13.2. The van der Waals surface area contributed by atoms with Crippen molar-refractivity contribution in [3.63, 3.8) is 0 Å². The average Bonchev–Trinajstić information content (AvgIpc) is 4.14. The van der Waals surface area contributed by atoms with Gasteiger partial charge in [-0.3, -0.25) is 24.5 Å². The summed E-state index contributed by atoms with van der Waals surface area (Å²) in [5, 5.41) is 33.1. The number of anilines is 2. The standard InChI is InChI=1S/C59H60F2N12O7/c1-3-42-45(60)9-4-35-25-41(74)26-44(48(35)42)51-50(61)52-49(55(65-51)79-2)53(71-30-39-5-6-40(31-71)73(39)56(77)36(27-63)12-17-62)67-58(66-52)80-33-59(15-16-59)32-69-22-20-68(21-23-69)28-34-13-18-70(19-14-34)38-7-8-43-37(24-38)29-72(57(43)78)46-10-11-47(75)64-54(46)76/h1,4,7-9,24-26,34,36,39-40,46,74H,5-6,10-16,18-23,28-33H2,2H3,(H,64,75,76). The molecule has 0 radical (unpaired) electrons. The minimum Gasteiger partial charge on any atom is -0.508 e. The van der Waals surface area contributed by atoms with E-state index in [9.17, 15) is 34.8 Å². The van der Waals surface area contributed by atoms with Crippen molar-refractivity contribution in [1.82, 2.24) is 39.9 Å². The van der Waals surface area contributed by atoms with Gasteiger partial charge in [-0.25, -0.2) is 13.8 Å². The number of aromatic hydroxyl groups is 1. The SMILES string of the molecule is C#Cc1c(F)ccc2cc(O)cc(-c3nc(OC)c4c(N5CC6CCC(C5)N6C(=O)C(C#N)CC#N)nc(OCC5(CN6CCN(CC7CCN(c8ccc9c(c8)CN(C8CCC(=O)NC8=O)C9=O)CC7)CC6)CC5)nc4c3F)c12. The van der Waals surface area contributed by atoms with Gasteiger partial charge in [0, 0.05) is 118 Å². The Morgan fingerprint density at radius 1 is 0.900 bits per heavy atom. The number of amides is 4. The number of halogens is 2. The number of phenolic OH excluding ortho intramolecular Hbond substituents is 1. The number of fused-ring (bicyclic) bond motifs is 5. The van der Waals surface area contributed by atoms with Gasteiger partial charge in [-0.2, -0.15) is 20.5 Å². The molecule has 19 nitrogen and oxygen atoms in total. The molecule has 0 spiro atoms. The molecule has 412 valence electrons. The van der Waals surface area contributed by atoms with Crippen molar-refractivity contribution in [2.75, 3.05) is 89.0 Å². The van der Waals surface area contributed by atoms with Crippen LogP contribution in [0.2, 0.25) is 0 Å². The van der Waals surface area contributed by atoms with E-state index >= 15 is 8.78 Å². The Kier molecular flexibility index (Phi) is 13.9. The molecule has 2 aromatic heterocycles. The Morgan fingerprint density at radius 3 is 2.34 bits per heavy atom. The van der Waals surface area contributed by atoms with E-state index in [1.807, 2.05) is 29.2 Å². The highest BCUT2D eigenvalue weighted by Gasteiger charge is 2.48. The molecule has 6 fully saturated rings. The number of ether oxygens (including phenoxy) is 2. The van der Waals surface area contributed by atoms with Crippen molar-refractivity contribution in [1.29, 1.82) is 10.5 Å². The number of nitrogens with one attached hydrogen (secondary N) is 1. The van der Waals surface area contributed by atoms with Crippen LogP contribution in [-0.4, -0.2) is 161 Å². The third kappa shape index (κ3) is 9.68. The van der Waals surface area contributed by atoms with Crippen LogP contribution in [0.15, 0.2) is 42.5 Å². The largest absolute Gasteiger partial charge is 0.508 e. The number of terminal acetylenes is 1. The summed E-state index contributed by atoms with van der Waals surface area (Å²) >= 11 is 0. The summed E-state index contributed by atoms with van der Waals surface area (Å²) < 4.78 is 45.4. The predicted molar refractivity (Wildman–Crippen MR) is 289 cm³/mol. The lowest BCUT2D eigenvalue weighted by Crippen LogP contribution is -2.57. The summed E-state index contributed by atoms with van der Waals surface area (Å²) in [6.07, 6.45) is 11.4. The number of imide groups is 1. The summed E-state index contributed by atoms with van der Waals surface area (Å²) in [6.45, 7) is 8.51. The number of phenols is 1. The first kappa shape index (κ1) is 52.5. The van der Waals surface area contributed by atoms with Gasteiger partial charge < -0.3 is 44.0 Å². The highest BCUT2D eigenvalue weighted by atomic mass is 19.1. The van der Waals surface area contributed by atoms with Crippen LogP contribution in [0.5, 0.6) is 17.6 Å². The van der Waals surface area contributed by atoms with Gasteiger partial charge in [0.05, 0.1) is 37.8 Å².